The summed E-state index contributed by atoms with van der Waals surface area (Å²) in [4.78, 5) is 0. The minimum absolute atomic E-state index is 0.845. The van der Waals surface area contributed by atoms with E-state index in [1.54, 1.807) is 0 Å². The fourth-order valence-electron chi connectivity index (χ4n) is 0.210. The lowest BCUT2D eigenvalue weighted by molar-refractivity contribution is 1.40. The molecule has 0 spiro atoms. The van der Waals surface area contributed by atoms with E-state index in [1.807, 2.05) is 0 Å². The van der Waals surface area contributed by atoms with Crippen molar-refractivity contribution in [3.63, 3.8) is 0 Å². The van der Waals surface area contributed by atoms with Gasteiger partial charge < -0.3 is 0 Å². The van der Waals surface area contributed by atoms with Crippen LogP contribution < -0.4 is 0 Å². The molecule has 0 aliphatic heterocycles. The summed E-state index contributed by atoms with van der Waals surface area (Å²) in [5, 5.41) is 0.966. The Morgan fingerprint density at radius 3 is 2.57 bits per heavy atom. The number of halogens is 1. The molecule has 0 heterocycles. The van der Waals surface area contributed by atoms with Crippen LogP contribution in [0.4, 0.5) is 0 Å². The fraction of sp³-hybridized carbons (Fsp3) is 0.600. The molecule has 0 fully saturated rings. The van der Waals surface area contributed by atoms with Gasteiger partial charge in [0.05, 0.1) is 0 Å². The highest BCUT2D eigenvalue weighted by Crippen LogP contribution is 1.96. The van der Waals surface area contributed by atoms with Gasteiger partial charge in [-0.3, -0.25) is 0 Å². The molecule has 2 heteroatoms. The second kappa shape index (κ2) is 4.72. The third-order valence-corrected chi connectivity index (χ3v) is 1.72. The maximum absolute atomic E-state index is 4.02. The molecule has 0 unspecified atom stereocenters. The summed E-state index contributed by atoms with van der Waals surface area (Å²) >= 11 is 7.33. The summed E-state index contributed by atoms with van der Waals surface area (Å²) in [5.74, 6) is 0.845. The Morgan fingerprint density at radius 2 is 2.43 bits per heavy atom. The van der Waals surface area contributed by atoms with Crippen molar-refractivity contribution in [2.24, 2.45) is 0 Å². The van der Waals surface area contributed by atoms with Gasteiger partial charge in [-0.15, -0.1) is 0 Å². The molecular formula is C5H9BrS. The standard InChI is InChI=1S/C5H9BrS/c1-5(4-6)2-3-7/h2,7H,3-4H2,1H3. The summed E-state index contributed by atoms with van der Waals surface area (Å²) in [6.45, 7) is 2.07. The molecule has 0 amide bonds. The van der Waals surface area contributed by atoms with E-state index in [4.69, 9.17) is 0 Å². The molecule has 0 bridgehead atoms. The van der Waals surface area contributed by atoms with E-state index in [0.29, 0.717) is 0 Å². The molecule has 0 rings (SSSR count). The first kappa shape index (κ1) is 7.57. The number of alkyl halides is 1. The van der Waals surface area contributed by atoms with E-state index >= 15 is 0 Å². The minimum atomic E-state index is 0.845. The Bertz CT molecular complexity index is 68.5. The fourth-order valence-corrected chi connectivity index (χ4v) is 0.751. The van der Waals surface area contributed by atoms with E-state index in [1.165, 1.54) is 5.57 Å². The molecule has 7 heavy (non-hydrogen) atoms. The highest BCUT2D eigenvalue weighted by molar-refractivity contribution is 9.09. The molecule has 0 aliphatic rings. The monoisotopic (exact) mass is 180 g/mol. The summed E-state index contributed by atoms with van der Waals surface area (Å²) in [5.41, 5.74) is 1.34. The van der Waals surface area contributed by atoms with Crippen molar-refractivity contribution in [3.05, 3.63) is 11.6 Å². The lowest BCUT2D eigenvalue weighted by atomic mass is 10.3. The molecule has 0 atom stereocenters. The molecule has 0 saturated heterocycles. The summed E-state index contributed by atoms with van der Waals surface area (Å²) in [6.07, 6.45) is 2.08. The zero-order chi connectivity index (χ0) is 5.70. The van der Waals surface area contributed by atoms with Gasteiger partial charge in [0.1, 0.15) is 0 Å². The number of hydrogen-bond donors (Lipinski definition) is 1. The van der Waals surface area contributed by atoms with Crippen LogP contribution in [0, 0.1) is 0 Å². The van der Waals surface area contributed by atoms with Gasteiger partial charge in [0, 0.05) is 11.1 Å². The van der Waals surface area contributed by atoms with E-state index < -0.39 is 0 Å². The lowest BCUT2D eigenvalue weighted by Gasteiger charge is -1.86. The predicted octanol–water partition coefficient (Wildman–Crippen LogP) is 2.26. The summed E-state index contributed by atoms with van der Waals surface area (Å²) in [7, 11) is 0. The zero-order valence-electron chi connectivity index (χ0n) is 4.32. The predicted molar refractivity (Wildman–Crippen MR) is 41.4 cm³/mol. The maximum atomic E-state index is 4.02. The van der Waals surface area contributed by atoms with E-state index in [-0.39, 0.29) is 0 Å². The van der Waals surface area contributed by atoms with Gasteiger partial charge in [-0.1, -0.05) is 27.6 Å². The van der Waals surface area contributed by atoms with Crippen molar-refractivity contribution < 1.29 is 0 Å². The molecule has 0 saturated carbocycles. The van der Waals surface area contributed by atoms with Crippen LogP contribution in [0.5, 0.6) is 0 Å². The average molecular weight is 181 g/mol. The van der Waals surface area contributed by atoms with Gasteiger partial charge >= 0.3 is 0 Å². The first-order valence-corrected chi connectivity index (χ1v) is 3.89. The molecular weight excluding hydrogens is 172 g/mol. The number of thiol groups is 1. The van der Waals surface area contributed by atoms with E-state index in [0.717, 1.165) is 11.1 Å². The van der Waals surface area contributed by atoms with Crippen LogP contribution in [0.1, 0.15) is 6.92 Å². The first-order chi connectivity index (χ1) is 3.31. The normalized spacial score (nSPS) is 12.1. The second-order valence-corrected chi connectivity index (χ2v) is 2.29. The minimum Gasteiger partial charge on any atom is -0.175 e. The van der Waals surface area contributed by atoms with Gasteiger partial charge in [0.15, 0.2) is 0 Å². The van der Waals surface area contributed by atoms with Gasteiger partial charge in [-0.05, 0) is 6.92 Å². The van der Waals surface area contributed by atoms with Crippen LogP contribution in [-0.2, 0) is 0 Å². The second-order valence-electron chi connectivity index (χ2n) is 1.37. The van der Waals surface area contributed by atoms with E-state index in [9.17, 15) is 0 Å². The number of allylic oxidation sites excluding steroid dienone is 1. The number of hydrogen-bond acceptors (Lipinski definition) is 1. The maximum Gasteiger partial charge on any atom is 0.0239 e. The van der Waals surface area contributed by atoms with E-state index in [2.05, 4.69) is 41.6 Å². The highest BCUT2D eigenvalue weighted by atomic mass is 79.9. The highest BCUT2D eigenvalue weighted by Gasteiger charge is 1.78. The molecule has 42 valence electrons. The number of rotatable bonds is 2. The average Bonchev–Trinajstić information content (AvgIpc) is 1.68. The molecule has 0 radical (unpaired) electrons. The Hall–Kier alpha value is 0.570. The van der Waals surface area contributed by atoms with Crippen molar-refractivity contribution >= 4 is 28.6 Å². The Labute approximate surface area is 58.5 Å². The SMILES string of the molecule is CC(=CCS)CBr. The first-order valence-electron chi connectivity index (χ1n) is 2.13. The summed E-state index contributed by atoms with van der Waals surface area (Å²) < 4.78 is 0. The zero-order valence-corrected chi connectivity index (χ0v) is 6.80. The lowest BCUT2D eigenvalue weighted by Crippen LogP contribution is -1.74. The van der Waals surface area contributed by atoms with Gasteiger partial charge in [-0.2, -0.15) is 12.6 Å². The Kier molecular flexibility index (Phi) is 5.11. The molecule has 0 aromatic heterocycles. The van der Waals surface area contributed by atoms with Crippen molar-refractivity contribution in [1.29, 1.82) is 0 Å². The van der Waals surface area contributed by atoms with Gasteiger partial charge in [0.2, 0.25) is 0 Å². The molecule has 0 aromatic carbocycles. The smallest absolute Gasteiger partial charge is 0.0239 e. The van der Waals surface area contributed by atoms with Crippen LogP contribution in [0.3, 0.4) is 0 Å². The van der Waals surface area contributed by atoms with Crippen molar-refractivity contribution in [1.82, 2.24) is 0 Å². The molecule has 0 aromatic rings. The largest absolute Gasteiger partial charge is 0.175 e. The van der Waals surface area contributed by atoms with Gasteiger partial charge in [0.25, 0.3) is 0 Å². The van der Waals surface area contributed by atoms with Crippen molar-refractivity contribution in [2.45, 2.75) is 6.92 Å². The third-order valence-electron chi connectivity index (χ3n) is 0.651. The molecule has 0 aliphatic carbocycles. The van der Waals surface area contributed by atoms with Crippen LogP contribution in [-0.4, -0.2) is 11.1 Å². The molecule has 0 N–H and O–H groups in total. The molecule has 0 nitrogen and oxygen atoms in total. The van der Waals surface area contributed by atoms with Gasteiger partial charge in [-0.25, -0.2) is 0 Å². The third kappa shape index (κ3) is 4.42. The quantitative estimate of drug-likeness (QED) is 0.377. The van der Waals surface area contributed by atoms with Crippen LogP contribution in [0.25, 0.3) is 0 Å². The van der Waals surface area contributed by atoms with Crippen LogP contribution in [0.2, 0.25) is 0 Å². The van der Waals surface area contributed by atoms with Crippen LogP contribution in [0.15, 0.2) is 11.6 Å². The van der Waals surface area contributed by atoms with Crippen molar-refractivity contribution in [2.75, 3.05) is 11.1 Å². The van der Waals surface area contributed by atoms with Crippen molar-refractivity contribution in [3.8, 4) is 0 Å². The van der Waals surface area contributed by atoms with Crippen LogP contribution >= 0.6 is 28.6 Å². The Morgan fingerprint density at radius 1 is 1.86 bits per heavy atom. The Balaban J connectivity index is 3.29. The topological polar surface area (TPSA) is 0 Å². The summed E-state index contributed by atoms with van der Waals surface area (Å²) in [6, 6.07) is 0.